The molecule has 1 spiro atoms. The molecule has 0 radical (unpaired) electrons. The van der Waals surface area contributed by atoms with Crippen LogP contribution in [0.25, 0.3) is 11.3 Å². The van der Waals surface area contributed by atoms with Gasteiger partial charge in [0.25, 0.3) is 0 Å². The van der Waals surface area contributed by atoms with E-state index in [0.29, 0.717) is 17.4 Å². The normalized spacial score (nSPS) is 30.9. The van der Waals surface area contributed by atoms with Crippen LogP contribution < -0.4 is 4.74 Å². The highest BCUT2D eigenvalue weighted by Crippen LogP contribution is 2.46. The van der Waals surface area contributed by atoms with Crippen molar-refractivity contribution in [2.24, 2.45) is 5.92 Å². The molecule has 0 aromatic carbocycles. The Kier molecular flexibility index (Phi) is 2.62. The van der Waals surface area contributed by atoms with E-state index < -0.39 is 0 Å². The Morgan fingerprint density at radius 2 is 2.17 bits per heavy atom. The molecule has 2 aromatic heterocycles. The second-order valence-corrected chi connectivity index (χ2v) is 6.86. The predicted molar refractivity (Wildman–Crippen MR) is 82.9 cm³/mol. The van der Waals surface area contributed by atoms with Gasteiger partial charge >= 0.3 is 0 Å². The number of rotatable bonds is 1. The van der Waals surface area contributed by atoms with Crippen molar-refractivity contribution in [1.29, 1.82) is 5.26 Å². The van der Waals surface area contributed by atoms with Gasteiger partial charge in [0, 0.05) is 36.2 Å². The molecule has 0 unspecified atom stereocenters. The van der Waals surface area contributed by atoms with Gasteiger partial charge in [-0.2, -0.15) is 5.26 Å². The van der Waals surface area contributed by atoms with E-state index in [-0.39, 0.29) is 5.60 Å². The van der Waals surface area contributed by atoms with Crippen molar-refractivity contribution in [2.45, 2.75) is 24.9 Å². The molecule has 116 valence electrons. The first-order valence-corrected chi connectivity index (χ1v) is 8.16. The lowest BCUT2D eigenvalue weighted by Gasteiger charge is -2.50. The molecule has 3 saturated heterocycles. The van der Waals surface area contributed by atoms with Crippen LogP contribution in [-0.2, 0) is 6.42 Å². The van der Waals surface area contributed by atoms with E-state index in [9.17, 15) is 0 Å². The summed E-state index contributed by atoms with van der Waals surface area (Å²) < 4.78 is 11.9. The number of pyridine rings is 1. The molecule has 4 aliphatic heterocycles. The summed E-state index contributed by atoms with van der Waals surface area (Å²) in [5.41, 5.74) is 1.99. The quantitative estimate of drug-likeness (QED) is 0.810. The summed E-state index contributed by atoms with van der Waals surface area (Å²) in [7, 11) is 0. The van der Waals surface area contributed by atoms with Gasteiger partial charge in [-0.05, 0) is 44.1 Å². The SMILES string of the molecule is N#Cc1ccc(-c2cnc3c(c2)C[C@@]2(CN4CCC2CC4)O3)o1. The summed E-state index contributed by atoms with van der Waals surface area (Å²) in [5, 5.41) is 8.90. The first kappa shape index (κ1) is 13.1. The number of furan rings is 1. The van der Waals surface area contributed by atoms with Crippen LogP contribution in [0, 0.1) is 17.2 Å². The molecule has 1 atom stereocenters. The summed E-state index contributed by atoms with van der Waals surface area (Å²) in [5.74, 6) is 2.42. The molecular formula is C18H17N3O2. The zero-order chi connectivity index (χ0) is 15.4. The van der Waals surface area contributed by atoms with E-state index in [1.54, 1.807) is 12.3 Å². The smallest absolute Gasteiger partial charge is 0.217 e. The van der Waals surface area contributed by atoms with Crippen molar-refractivity contribution in [3.05, 3.63) is 35.7 Å². The molecule has 5 nitrogen and oxygen atoms in total. The molecule has 3 fully saturated rings. The third-order valence-corrected chi connectivity index (χ3v) is 5.54. The molecule has 23 heavy (non-hydrogen) atoms. The van der Waals surface area contributed by atoms with Gasteiger partial charge in [-0.25, -0.2) is 4.98 Å². The van der Waals surface area contributed by atoms with Crippen LogP contribution in [0.2, 0.25) is 0 Å². The largest absolute Gasteiger partial charge is 0.469 e. The third-order valence-electron chi connectivity index (χ3n) is 5.54. The van der Waals surface area contributed by atoms with Crippen molar-refractivity contribution in [1.82, 2.24) is 9.88 Å². The van der Waals surface area contributed by atoms with E-state index in [1.165, 1.54) is 25.9 Å². The van der Waals surface area contributed by atoms with E-state index in [4.69, 9.17) is 14.4 Å². The van der Waals surface area contributed by atoms with Crippen molar-refractivity contribution in [3.63, 3.8) is 0 Å². The second-order valence-electron chi connectivity index (χ2n) is 6.86. The Morgan fingerprint density at radius 1 is 1.30 bits per heavy atom. The van der Waals surface area contributed by atoms with Crippen molar-refractivity contribution < 1.29 is 9.15 Å². The molecular weight excluding hydrogens is 290 g/mol. The number of hydrogen-bond acceptors (Lipinski definition) is 5. The van der Waals surface area contributed by atoms with Gasteiger partial charge < -0.3 is 9.15 Å². The number of piperidine rings is 3. The van der Waals surface area contributed by atoms with Crippen LogP contribution in [0.15, 0.2) is 28.8 Å². The Labute approximate surface area is 134 Å². The average molecular weight is 307 g/mol. The van der Waals surface area contributed by atoms with Gasteiger partial charge in [0.2, 0.25) is 11.6 Å². The third kappa shape index (κ3) is 1.91. The fraction of sp³-hybridized carbons (Fsp3) is 0.444. The minimum Gasteiger partial charge on any atom is -0.469 e. The van der Waals surface area contributed by atoms with Crippen LogP contribution >= 0.6 is 0 Å². The van der Waals surface area contributed by atoms with E-state index in [2.05, 4.69) is 16.0 Å². The molecule has 5 heteroatoms. The van der Waals surface area contributed by atoms with Gasteiger partial charge in [-0.1, -0.05) is 0 Å². The van der Waals surface area contributed by atoms with Crippen molar-refractivity contribution in [2.75, 3.05) is 19.6 Å². The molecule has 2 bridgehead atoms. The van der Waals surface area contributed by atoms with Gasteiger partial charge in [-0.3, -0.25) is 4.90 Å². The van der Waals surface area contributed by atoms with Gasteiger partial charge in [0.1, 0.15) is 17.4 Å². The highest BCUT2D eigenvalue weighted by molar-refractivity contribution is 5.60. The van der Waals surface area contributed by atoms with E-state index in [0.717, 1.165) is 30.0 Å². The topological polar surface area (TPSA) is 62.3 Å². The molecule has 4 aliphatic rings. The van der Waals surface area contributed by atoms with Crippen LogP contribution in [-0.4, -0.2) is 35.1 Å². The summed E-state index contributed by atoms with van der Waals surface area (Å²) in [4.78, 5) is 7.03. The van der Waals surface area contributed by atoms with Gasteiger partial charge in [0.15, 0.2) is 0 Å². The zero-order valence-corrected chi connectivity index (χ0v) is 12.8. The lowest BCUT2D eigenvalue weighted by molar-refractivity contribution is -0.0814. The highest BCUT2D eigenvalue weighted by atomic mass is 16.5. The van der Waals surface area contributed by atoms with Crippen LogP contribution in [0.4, 0.5) is 0 Å². The summed E-state index contributed by atoms with van der Waals surface area (Å²) in [6.45, 7) is 3.42. The maximum absolute atomic E-state index is 8.90. The molecule has 6 heterocycles. The van der Waals surface area contributed by atoms with Crippen molar-refractivity contribution >= 4 is 0 Å². The summed E-state index contributed by atoms with van der Waals surface area (Å²) in [6.07, 6.45) is 5.16. The zero-order valence-electron chi connectivity index (χ0n) is 12.8. The maximum atomic E-state index is 8.90. The van der Waals surface area contributed by atoms with Crippen molar-refractivity contribution in [3.8, 4) is 23.3 Å². The lowest BCUT2D eigenvalue weighted by Crippen LogP contribution is -2.61. The number of aromatic nitrogens is 1. The summed E-state index contributed by atoms with van der Waals surface area (Å²) >= 11 is 0. The highest BCUT2D eigenvalue weighted by Gasteiger charge is 2.52. The predicted octanol–water partition coefficient (Wildman–Crippen LogP) is 2.61. The fourth-order valence-corrected chi connectivity index (χ4v) is 4.40. The average Bonchev–Trinajstić information content (AvgIpc) is 3.19. The Balaban J connectivity index is 1.48. The Bertz CT molecular complexity index is 814. The standard InChI is InChI=1S/C18H17N3O2/c19-9-15-1-2-16(22-15)13-7-12-8-18(23-17(12)20-10-13)11-21-5-3-14(18)4-6-21/h1-2,7,10,14H,3-6,8,11H2/t18-/m0/s1. The molecule has 0 saturated carbocycles. The first-order valence-electron chi connectivity index (χ1n) is 8.16. The van der Waals surface area contributed by atoms with Crippen LogP contribution in [0.5, 0.6) is 5.88 Å². The Morgan fingerprint density at radius 3 is 2.87 bits per heavy atom. The molecule has 0 amide bonds. The van der Waals surface area contributed by atoms with E-state index >= 15 is 0 Å². The minimum absolute atomic E-state index is 0.0779. The van der Waals surface area contributed by atoms with Crippen LogP contribution in [0.3, 0.4) is 0 Å². The molecule has 0 N–H and O–H groups in total. The first-order chi connectivity index (χ1) is 11.3. The molecule has 2 aromatic rings. The molecule has 0 aliphatic carbocycles. The number of nitrogens with zero attached hydrogens (tertiary/aromatic N) is 3. The maximum Gasteiger partial charge on any atom is 0.217 e. The number of fused-ring (bicyclic) bond motifs is 3. The fourth-order valence-electron chi connectivity index (χ4n) is 4.40. The van der Waals surface area contributed by atoms with Gasteiger partial charge in [0.05, 0.1) is 0 Å². The van der Waals surface area contributed by atoms with E-state index in [1.807, 2.05) is 12.1 Å². The van der Waals surface area contributed by atoms with Gasteiger partial charge in [-0.15, -0.1) is 0 Å². The van der Waals surface area contributed by atoms with Crippen LogP contribution in [0.1, 0.15) is 24.2 Å². The summed E-state index contributed by atoms with van der Waals surface area (Å²) in [6, 6.07) is 7.63. The molecule has 6 rings (SSSR count). The monoisotopic (exact) mass is 307 g/mol. The second kappa shape index (κ2) is 4.59. The number of nitriles is 1. The number of ether oxygens (including phenoxy) is 1. The lowest BCUT2D eigenvalue weighted by atomic mass is 9.73. The Hall–Kier alpha value is -2.32. The number of hydrogen-bond donors (Lipinski definition) is 0. The minimum atomic E-state index is -0.0779.